The van der Waals surface area contributed by atoms with Crippen LogP contribution in [0.4, 0.5) is 0 Å². The van der Waals surface area contributed by atoms with E-state index >= 15 is 0 Å². The summed E-state index contributed by atoms with van der Waals surface area (Å²) < 4.78 is 12.0. The Labute approximate surface area is 121 Å². The summed E-state index contributed by atoms with van der Waals surface area (Å²) in [6, 6.07) is 0. The third kappa shape index (κ3) is 5.52. The van der Waals surface area contributed by atoms with E-state index in [9.17, 15) is 9.59 Å². The molecule has 0 aromatic carbocycles. The molecule has 0 amide bonds. The van der Waals surface area contributed by atoms with Gasteiger partial charge in [-0.3, -0.25) is 0 Å². The molecule has 0 aromatic rings. The third-order valence-electron chi connectivity index (χ3n) is 3.48. The van der Waals surface area contributed by atoms with Crippen LogP contribution in [-0.4, -0.2) is 40.0 Å². The average Bonchev–Trinajstić information content (AvgIpc) is 2.12. The molecule has 0 spiro atoms. The Kier molecular flexibility index (Phi) is 5.85. The van der Waals surface area contributed by atoms with Crippen LogP contribution in [-0.2, 0) is 8.85 Å². The Balaban J connectivity index is 5.19. The molecular formula is C12H30O4Si3. The molecule has 0 fully saturated rings. The summed E-state index contributed by atoms with van der Waals surface area (Å²) in [5, 5.41) is -0.00933. The molecule has 0 saturated carbocycles. The maximum absolute atomic E-state index is 10.1. The second-order valence-corrected chi connectivity index (χ2v) is 17.8. The summed E-state index contributed by atoms with van der Waals surface area (Å²) in [6.45, 7) is 19.1. The van der Waals surface area contributed by atoms with E-state index < -0.39 is 30.4 Å². The van der Waals surface area contributed by atoms with E-state index in [1.54, 1.807) is 26.2 Å². The fraction of sp³-hybridized carbons (Fsp3) is 0.833. The molecule has 0 heterocycles. The van der Waals surface area contributed by atoms with E-state index in [1.807, 2.05) is 26.9 Å². The van der Waals surface area contributed by atoms with Crippen LogP contribution in [0.1, 0.15) is 20.3 Å². The Morgan fingerprint density at radius 3 is 1.79 bits per heavy atom. The summed E-state index contributed by atoms with van der Waals surface area (Å²) >= 11 is 0. The van der Waals surface area contributed by atoms with E-state index in [2.05, 4.69) is 6.58 Å². The van der Waals surface area contributed by atoms with E-state index in [0.717, 1.165) is 6.42 Å². The Hall–Kier alpha value is 0.0706. The quantitative estimate of drug-likeness (QED) is 0.559. The minimum Gasteiger partial charge on any atom is -0.546 e. The molecule has 7 heteroatoms. The lowest BCUT2D eigenvalue weighted by Crippen LogP contribution is -2.60. The predicted octanol–water partition coefficient (Wildman–Crippen LogP) is 2.88. The van der Waals surface area contributed by atoms with Crippen molar-refractivity contribution in [2.75, 3.05) is 0 Å². The number of hydrogen-bond donors (Lipinski definition) is 2. The molecule has 0 radical (unpaired) electrons. The number of rotatable bonds is 7. The average molecular weight is 323 g/mol. The Bertz CT molecular complexity index is 331. The van der Waals surface area contributed by atoms with Crippen LogP contribution in [0.5, 0.6) is 0 Å². The van der Waals surface area contributed by atoms with Gasteiger partial charge in [-0.2, -0.15) is 0 Å². The van der Waals surface area contributed by atoms with Gasteiger partial charge >= 0.3 is 8.56 Å². The third-order valence-corrected chi connectivity index (χ3v) is 10.1. The van der Waals surface area contributed by atoms with Crippen molar-refractivity contribution in [1.29, 1.82) is 0 Å². The lowest BCUT2D eigenvalue weighted by molar-refractivity contribution is 0.0973. The molecule has 0 bridgehead atoms. The van der Waals surface area contributed by atoms with Crippen LogP contribution >= 0.6 is 0 Å². The highest BCUT2D eigenvalue weighted by atomic mass is 28.4. The maximum Gasteiger partial charge on any atom is 0.329 e. The van der Waals surface area contributed by atoms with Crippen molar-refractivity contribution < 1.29 is 18.4 Å². The van der Waals surface area contributed by atoms with Crippen LogP contribution in [0.25, 0.3) is 0 Å². The summed E-state index contributed by atoms with van der Waals surface area (Å²) in [4.78, 5) is 20.1. The first kappa shape index (κ1) is 19.1. The molecule has 0 aliphatic carbocycles. The van der Waals surface area contributed by atoms with E-state index in [-0.39, 0.29) is 0 Å². The molecule has 1 atom stereocenters. The van der Waals surface area contributed by atoms with Crippen LogP contribution in [0.15, 0.2) is 12.0 Å². The monoisotopic (exact) mass is 322 g/mol. The van der Waals surface area contributed by atoms with Gasteiger partial charge in [-0.1, -0.05) is 13.5 Å². The normalized spacial score (nSPS) is 16.9. The molecule has 19 heavy (non-hydrogen) atoms. The number of hydrogen-bond acceptors (Lipinski definition) is 4. The Morgan fingerprint density at radius 1 is 1.11 bits per heavy atom. The maximum atomic E-state index is 10.1. The van der Waals surface area contributed by atoms with Crippen LogP contribution in [0, 0.1) is 0 Å². The first-order chi connectivity index (χ1) is 8.15. The van der Waals surface area contributed by atoms with Gasteiger partial charge in [-0.15, -0.1) is 0 Å². The second-order valence-electron chi connectivity index (χ2n) is 6.73. The van der Waals surface area contributed by atoms with Crippen molar-refractivity contribution >= 4 is 25.2 Å². The molecule has 114 valence electrons. The molecular weight excluding hydrogens is 292 g/mol. The predicted molar refractivity (Wildman–Crippen MR) is 86.9 cm³/mol. The van der Waals surface area contributed by atoms with Crippen molar-refractivity contribution in [3.05, 3.63) is 12.0 Å². The van der Waals surface area contributed by atoms with Gasteiger partial charge in [0.1, 0.15) is 0 Å². The van der Waals surface area contributed by atoms with Crippen molar-refractivity contribution in [1.82, 2.24) is 0 Å². The van der Waals surface area contributed by atoms with E-state index in [0.29, 0.717) is 5.38 Å². The standard InChI is InChI=1S/C12H30O4Si3/c1-10-12(3,16-19(8,9)14)18(6,7)15-11(2)17(4,5)13/h13-14H,2,10H2,1,3-9H3. The smallest absolute Gasteiger partial charge is 0.329 e. The summed E-state index contributed by atoms with van der Waals surface area (Å²) in [5.41, 5.74) is 0. The van der Waals surface area contributed by atoms with Gasteiger partial charge < -0.3 is 18.4 Å². The van der Waals surface area contributed by atoms with E-state index in [1.165, 1.54) is 0 Å². The highest BCUT2D eigenvalue weighted by Gasteiger charge is 2.50. The molecule has 0 aromatic heterocycles. The van der Waals surface area contributed by atoms with Gasteiger partial charge in [0.15, 0.2) is 0 Å². The highest BCUT2D eigenvalue weighted by Crippen LogP contribution is 2.34. The Morgan fingerprint density at radius 2 is 1.53 bits per heavy atom. The zero-order valence-corrected chi connectivity index (χ0v) is 16.6. The van der Waals surface area contributed by atoms with Gasteiger partial charge in [0.2, 0.25) is 0 Å². The van der Waals surface area contributed by atoms with Crippen molar-refractivity contribution in [2.24, 2.45) is 0 Å². The largest absolute Gasteiger partial charge is 0.546 e. The summed E-state index contributed by atoms with van der Waals surface area (Å²) in [6.07, 6.45) is 0.754. The molecule has 4 nitrogen and oxygen atoms in total. The zero-order chi connectivity index (χ0) is 15.7. The van der Waals surface area contributed by atoms with Crippen LogP contribution in [0.3, 0.4) is 0 Å². The van der Waals surface area contributed by atoms with E-state index in [4.69, 9.17) is 8.85 Å². The molecule has 0 aliphatic rings. The van der Waals surface area contributed by atoms with Crippen molar-refractivity contribution in [2.45, 2.75) is 64.8 Å². The molecule has 1 unspecified atom stereocenters. The first-order valence-corrected chi connectivity index (χ1v) is 15.4. The van der Waals surface area contributed by atoms with Gasteiger partial charge in [0.25, 0.3) is 16.6 Å². The molecule has 0 rings (SSSR count). The lowest BCUT2D eigenvalue weighted by atomic mass is 10.3. The fourth-order valence-electron chi connectivity index (χ4n) is 1.71. The minimum atomic E-state index is -2.65. The lowest BCUT2D eigenvalue weighted by Gasteiger charge is -2.45. The van der Waals surface area contributed by atoms with Gasteiger partial charge in [-0.25, -0.2) is 0 Å². The van der Waals surface area contributed by atoms with Crippen molar-refractivity contribution in [3.8, 4) is 0 Å². The summed E-state index contributed by atoms with van der Waals surface area (Å²) in [7, 11) is -7.47. The molecule has 2 N–H and O–H groups in total. The SMILES string of the molecule is C=C(O[Si](C)(C)C(C)(CC)O[Si](C)(C)O)[Si](C)(C)O. The zero-order valence-electron chi connectivity index (χ0n) is 13.6. The van der Waals surface area contributed by atoms with Gasteiger partial charge in [-0.05, 0) is 52.6 Å². The summed E-state index contributed by atoms with van der Waals surface area (Å²) in [5.74, 6) is 0. The fourth-order valence-corrected chi connectivity index (χ4v) is 8.14. The minimum absolute atomic E-state index is 0.491. The van der Waals surface area contributed by atoms with Crippen molar-refractivity contribution in [3.63, 3.8) is 0 Å². The van der Waals surface area contributed by atoms with Gasteiger partial charge in [0.05, 0.1) is 10.6 Å². The van der Waals surface area contributed by atoms with Crippen LogP contribution in [0.2, 0.25) is 39.3 Å². The molecule has 0 aliphatic heterocycles. The molecule has 0 saturated heterocycles. The van der Waals surface area contributed by atoms with Crippen LogP contribution < -0.4 is 0 Å². The second kappa shape index (κ2) is 5.82. The van der Waals surface area contributed by atoms with Gasteiger partial charge in [0, 0.05) is 0 Å². The first-order valence-electron chi connectivity index (χ1n) is 6.68. The topological polar surface area (TPSA) is 58.9 Å². The highest BCUT2D eigenvalue weighted by molar-refractivity contribution is 6.80.